The summed E-state index contributed by atoms with van der Waals surface area (Å²) >= 11 is 0. The zero-order valence-electron chi connectivity index (χ0n) is 11.6. The van der Waals surface area contributed by atoms with E-state index in [-0.39, 0.29) is 25.0 Å². The van der Waals surface area contributed by atoms with Crippen LogP contribution in [0.4, 0.5) is 0 Å². The van der Waals surface area contributed by atoms with Crippen molar-refractivity contribution in [3.05, 3.63) is 35.4 Å². The second kappa shape index (κ2) is 7.97. The van der Waals surface area contributed by atoms with Crippen LogP contribution in [-0.2, 0) is 4.79 Å². The molecule has 20 heavy (non-hydrogen) atoms. The number of aliphatic hydroxyl groups is 1. The van der Waals surface area contributed by atoms with Gasteiger partial charge in [0.05, 0.1) is 12.1 Å². The van der Waals surface area contributed by atoms with Gasteiger partial charge in [-0.2, -0.15) is 0 Å². The Hall–Kier alpha value is -2.32. The van der Waals surface area contributed by atoms with Gasteiger partial charge in [-0.25, -0.2) is 0 Å². The maximum Gasteiger partial charge on any atom is 0.255 e. The second-order valence-corrected chi connectivity index (χ2v) is 4.12. The first-order valence-electron chi connectivity index (χ1n) is 6.31. The van der Waals surface area contributed by atoms with Gasteiger partial charge in [-0.15, -0.1) is 0 Å². The van der Waals surface area contributed by atoms with Gasteiger partial charge in [0.2, 0.25) is 5.91 Å². The van der Waals surface area contributed by atoms with Gasteiger partial charge in [0, 0.05) is 19.2 Å². The molecule has 0 radical (unpaired) electrons. The Morgan fingerprint density at radius 1 is 1.35 bits per heavy atom. The van der Waals surface area contributed by atoms with Crippen molar-refractivity contribution in [1.29, 1.82) is 0 Å². The van der Waals surface area contributed by atoms with Crippen LogP contribution in [-0.4, -0.2) is 48.6 Å². The van der Waals surface area contributed by atoms with Crippen LogP contribution < -0.4 is 5.32 Å². The Kier molecular flexibility index (Phi) is 6.27. The van der Waals surface area contributed by atoms with Gasteiger partial charge < -0.3 is 15.3 Å². The fraction of sp³-hybridized carbons (Fsp3) is 0.333. The molecule has 0 heterocycles. The van der Waals surface area contributed by atoms with E-state index in [1.54, 1.807) is 31.3 Å². The molecule has 0 atom stereocenters. The van der Waals surface area contributed by atoms with Crippen molar-refractivity contribution >= 4 is 11.8 Å². The number of nitrogens with one attached hydrogen (secondary N) is 1. The highest BCUT2D eigenvalue weighted by Gasteiger charge is 2.16. The van der Waals surface area contributed by atoms with Crippen LogP contribution in [0.5, 0.6) is 0 Å². The zero-order chi connectivity index (χ0) is 15.0. The first-order chi connectivity index (χ1) is 9.60. The number of hydrogen-bond donors (Lipinski definition) is 2. The molecule has 2 N–H and O–H groups in total. The van der Waals surface area contributed by atoms with Gasteiger partial charge in [-0.05, 0) is 19.1 Å². The zero-order valence-corrected chi connectivity index (χ0v) is 11.6. The van der Waals surface area contributed by atoms with E-state index in [2.05, 4.69) is 17.2 Å². The van der Waals surface area contributed by atoms with E-state index in [9.17, 15) is 9.59 Å². The predicted molar refractivity (Wildman–Crippen MR) is 76.1 cm³/mol. The summed E-state index contributed by atoms with van der Waals surface area (Å²) in [7, 11) is 1.56. The highest BCUT2D eigenvalue weighted by molar-refractivity contribution is 5.98. The first-order valence-corrected chi connectivity index (χ1v) is 6.31. The second-order valence-electron chi connectivity index (χ2n) is 4.12. The Bertz CT molecular complexity index is 544. The summed E-state index contributed by atoms with van der Waals surface area (Å²) in [5, 5.41) is 11.4. The molecule has 0 bridgehead atoms. The fourth-order valence-electron chi connectivity index (χ4n) is 1.66. The maximum absolute atomic E-state index is 12.3. The summed E-state index contributed by atoms with van der Waals surface area (Å²) in [6, 6.07) is 6.85. The third-order valence-corrected chi connectivity index (χ3v) is 2.56. The number of aliphatic hydroxyl groups excluding tert-OH is 1. The first kappa shape index (κ1) is 15.7. The molecule has 1 rings (SSSR count). The van der Waals surface area contributed by atoms with Crippen LogP contribution >= 0.6 is 0 Å². The van der Waals surface area contributed by atoms with Crippen molar-refractivity contribution in [3.63, 3.8) is 0 Å². The van der Waals surface area contributed by atoms with Gasteiger partial charge in [-0.3, -0.25) is 9.59 Å². The molecule has 0 unspecified atom stereocenters. The van der Waals surface area contributed by atoms with Crippen molar-refractivity contribution in [2.75, 3.05) is 26.7 Å². The average molecular weight is 274 g/mol. The largest absolute Gasteiger partial charge is 0.384 e. The SMILES string of the molecule is CCNC(=O)CN(C)C(=O)c1ccccc1C#CCO. The minimum Gasteiger partial charge on any atom is -0.384 e. The van der Waals surface area contributed by atoms with Crippen LogP contribution in [0.3, 0.4) is 0 Å². The molecule has 0 spiro atoms. The van der Waals surface area contributed by atoms with E-state index in [1.165, 1.54) is 4.90 Å². The van der Waals surface area contributed by atoms with Gasteiger partial charge in [0.1, 0.15) is 6.61 Å². The van der Waals surface area contributed by atoms with Crippen molar-refractivity contribution in [2.45, 2.75) is 6.92 Å². The molecule has 106 valence electrons. The molecule has 5 nitrogen and oxygen atoms in total. The van der Waals surface area contributed by atoms with Crippen LogP contribution in [0.15, 0.2) is 24.3 Å². The molecular weight excluding hydrogens is 256 g/mol. The standard InChI is InChI=1S/C15H18N2O3/c1-3-16-14(19)11-17(2)15(20)13-9-5-4-7-12(13)8-6-10-18/h4-5,7,9,18H,3,10-11H2,1-2H3,(H,16,19). The highest BCUT2D eigenvalue weighted by Crippen LogP contribution is 2.10. The monoisotopic (exact) mass is 274 g/mol. The third-order valence-electron chi connectivity index (χ3n) is 2.56. The van der Waals surface area contributed by atoms with E-state index in [1.807, 2.05) is 6.92 Å². The van der Waals surface area contributed by atoms with Crippen LogP contribution in [0, 0.1) is 11.8 Å². The summed E-state index contributed by atoms with van der Waals surface area (Å²) in [4.78, 5) is 25.1. The maximum atomic E-state index is 12.3. The van der Waals surface area contributed by atoms with Crippen molar-refractivity contribution in [3.8, 4) is 11.8 Å². The topological polar surface area (TPSA) is 69.6 Å². The number of carbonyl (C=O) groups is 2. The summed E-state index contributed by atoms with van der Waals surface area (Å²) in [5.41, 5.74) is 0.953. The lowest BCUT2D eigenvalue weighted by molar-refractivity contribution is -0.121. The lowest BCUT2D eigenvalue weighted by Gasteiger charge is -2.17. The molecule has 1 aromatic carbocycles. The number of amides is 2. The summed E-state index contributed by atoms with van der Waals surface area (Å²) < 4.78 is 0. The Balaban J connectivity index is 2.89. The fourth-order valence-corrected chi connectivity index (χ4v) is 1.66. The van der Waals surface area contributed by atoms with Crippen LogP contribution in [0.1, 0.15) is 22.8 Å². The van der Waals surface area contributed by atoms with Gasteiger partial charge >= 0.3 is 0 Å². The minimum absolute atomic E-state index is 0.00552. The van der Waals surface area contributed by atoms with Crippen molar-refractivity contribution < 1.29 is 14.7 Å². The Labute approximate surface area is 118 Å². The summed E-state index contributed by atoms with van der Waals surface area (Å²) in [6.45, 7) is 2.07. The molecule has 0 aliphatic rings. The van der Waals surface area contributed by atoms with Gasteiger partial charge in [0.15, 0.2) is 0 Å². The smallest absolute Gasteiger partial charge is 0.255 e. The van der Waals surface area contributed by atoms with Crippen molar-refractivity contribution in [1.82, 2.24) is 10.2 Å². The van der Waals surface area contributed by atoms with Crippen LogP contribution in [0.2, 0.25) is 0 Å². The number of hydrogen-bond acceptors (Lipinski definition) is 3. The molecule has 0 saturated heterocycles. The average Bonchev–Trinajstić information content (AvgIpc) is 2.44. The quantitative estimate of drug-likeness (QED) is 0.773. The molecule has 0 aliphatic heterocycles. The van der Waals surface area contributed by atoms with E-state index in [0.29, 0.717) is 17.7 Å². The molecule has 5 heteroatoms. The van der Waals surface area contributed by atoms with E-state index >= 15 is 0 Å². The highest BCUT2D eigenvalue weighted by atomic mass is 16.2. The molecule has 0 aliphatic carbocycles. The Morgan fingerprint density at radius 2 is 2.05 bits per heavy atom. The van der Waals surface area contributed by atoms with E-state index in [4.69, 9.17) is 5.11 Å². The molecule has 0 fully saturated rings. The molecule has 1 aromatic rings. The summed E-state index contributed by atoms with van der Waals surface area (Å²) in [5.74, 6) is 4.76. The van der Waals surface area contributed by atoms with Gasteiger partial charge in [0.25, 0.3) is 5.91 Å². The number of nitrogens with zero attached hydrogens (tertiary/aromatic N) is 1. The third kappa shape index (κ3) is 4.41. The predicted octanol–water partition coefficient (Wildman–Crippen LogP) is 0.238. The molecular formula is C15H18N2O3. The minimum atomic E-state index is -0.279. The number of benzene rings is 1. The lowest BCUT2D eigenvalue weighted by atomic mass is 10.1. The number of likely N-dealkylation sites (N-methyl/N-ethyl adjacent to an activating group) is 2. The molecule has 0 aromatic heterocycles. The number of carbonyl (C=O) groups excluding carboxylic acids is 2. The summed E-state index contributed by atoms with van der Waals surface area (Å²) in [6.07, 6.45) is 0. The molecule has 2 amide bonds. The number of rotatable bonds is 4. The van der Waals surface area contributed by atoms with E-state index in [0.717, 1.165) is 0 Å². The van der Waals surface area contributed by atoms with E-state index < -0.39 is 0 Å². The van der Waals surface area contributed by atoms with Crippen molar-refractivity contribution in [2.24, 2.45) is 0 Å². The van der Waals surface area contributed by atoms with Gasteiger partial charge in [-0.1, -0.05) is 24.0 Å². The molecule has 0 saturated carbocycles. The Morgan fingerprint density at radius 3 is 2.70 bits per heavy atom. The van der Waals surface area contributed by atoms with Crippen LogP contribution in [0.25, 0.3) is 0 Å². The normalized spacial score (nSPS) is 9.35. The lowest BCUT2D eigenvalue weighted by Crippen LogP contribution is -2.38.